The summed E-state index contributed by atoms with van der Waals surface area (Å²) in [5.41, 5.74) is 0. The summed E-state index contributed by atoms with van der Waals surface area (Å²) in [5.74, 6) is -3.60. The van der Waals surface area contributed by atoms with Crippen molar-refractivity contribution in [2.75, 3.05) is 0 Å². The summed E-state index contributed by atoms with van der Waals surface area (Å²) in [6.45, 7) is 3.01. The van der Waals surface area contributed by atoms with Crippen LogP contribution in [0.1, 0.15) is 20.8 Å². The van der Waals surface area contributed by atoms with E-state index in [1.54, 1.807) is 0 Å². The van der Waals surface area contributed by atoms with Crippen LogP contribution >= 0.6 is 0 Å². The zero-order chi connectivity index (χ0) is 17.7. The van der Waals surface area contributed by atoms with Gasteiger partial charge < -0.3 is 24.1 Å². The normalized spacial score (nSPS) is 26.3. The summed E-state index contributed by atoms with van der Waals surface area (Å²) in [4.78, 5) is 55.8. The van der Waals surface area contributed by atoms with E-state index in [1.807, 2.05) is 0 Å². The topological polar surface area (TPSA) is 143 Å². The molecule has 0 aromatic heterocycles. The van der Waals surface area contributed by atoms with Crippen LogP contribution in [0, 0.1) is 0 Å². The third-order valence-electron chi connectivity index (χ3n) is 2.67. The van der Waals surface area contributed by atoms with Gasteiger partial charge in [0, 0.05) is 20.8 Å². The molecule has 1 aliphatic rings. The molecule has 1 fully saturated rings. The first-order chi connectivity index (χ1) is 10.7. The van der Waals surface area contributed by atoms with Gasteiger partial charge in [0.2, 0.25) is 18.0 Å². The highest BCUT2D eigenvalue weighted by molar-refractivity contribution is 5.76. The smallest absolute Gasteiger partial charge is 0.349 e. The lowest BCUT2D eigenvalue weighted by molar-refractivity contribution is -0.213. The van der Waals surface area contributed by atoms with Gasteiger partial charge in [-0.1, -0.05) is 0 Å². The van der Waals surface area contributed by atoms with E-state index in [4.69, 9.17) is 24.1 Å². The van der Waals surface area contributed by atoms with E-state index < -0.39 is 54.1 Å². The molecule has 10 nitrogen and oxygen atoms in total. The predicted octanol–water partition coefficient (Wildman–Crippen LogP) is -1.02. The molecular formula is C13H14O10. The lowest BCUT2D eigenvalue weighted by atomic mass is 9.97. The van der Waals surface area contributed by atoms with Crippen molar-refractivity contribution in [3.05, 3.63) is 5.76 Å². The van der Waals surface area contributed by atoms with Crippen molar-refractivity contribution in [3.63, 3.8) is 0 Å². The van der Waals surface area contributed by atoms with Crippen LogP contribution in [0.25, 0.3) is 0 Å². The Labute approximate surface area is 129 Å². The molecule has 0 aliphatic carbocycles. The molecule has 0 aromatic rings. The number of carboxylic acid groups (broad SMARTS) is 1. The number of ether oxygens (including phenoxy) is 4. The van der Waals surface area contributed by atoms with Crippen molar-refractivity contribution < 1.29 is 48.0 Å². The average molecular weight is 330 g/mol. The number of carboxylic acids is 1. The summed E-state index contributed by atoms with van der Waals surface area (Å²) in [6.07, 6.45) is -6.64. The van der Waals surface area contributed by atoms with Crippen molar-refractivity contribution in [1.29, 1.82) is 0 Å². The minimum Gasteiger partial charge on any atom is -0.478 e. The van der Waals surface area contributed by atoms with Crippen LogP contribution in [0.4, 0.5) is 0 Å². The first-order valence-corrected chi connectivity index (χ1v) is 6.33. The zero-order valence-electron chi connectivity index (χ0n) is 12.4. The van der Waals surface area contributed by atoms with Gasteiger partial charge in [-0.3, -0.25) is 14.4 Å². The zero-order valence-corrected chi connectivity index (χ0v) is 12.4. The van der Waals surface area contributed by atoms with Gasteiger partial charge in [0.05, 0.1) is 0 Å². The van der Waals surface area contributed by atoms with Gasteiger partial charge in [-0.05, 0) is 0 Å². The summed E-state index contributed by atoms with van der Waals surface area (Å²) in [5, 5.41) is 9.15. The second-order valence-electron chi connectivity index (χ2n) is 4.52. The highest BCUT2D eigenvalue weighted by Crippen LogP contribution is 2.30. The molecule has 0 saturated carbocycles. The Morgan fingerprint density at radius 3 is 1.83 bits per heavy atom. The molecule has 0 radical (unpaired) electrons. The standard InChI is InChI=1S/C13H14O10/c1-5(15)20-9-8(4-14)23-12(13(18)19)11(22-7(3)17)10(9)21-6(2)16/h9-12H,1-3H3,(H,18,19). The van der Waals surface area contributed by atoms with Gasteiger partial charge in [0.15, 0.2) is 18.1 Å². The predicted molar refractivity (Wildman–Crippen MR) is 68.4 cm³/mol. The molecule has 23 heavy (non-hydrogen) atoms. The molecule has 1 aliphatic heterocycles. The first-order valence-electron chi connectivity index (χ1n) is 6.33. The molecule has 126 valence electrons. The van der Waals surface area contributed by atoms with Gasteiger partial charge in [0.1, 0.15) is 0 Å². The number of rotatable bonds is 4. The first kappa shape index (κ1) is 18.2. The maximum atomic E-state index is 11.3. The van der Waals surface area contributed by atoms with E-state index in [1.165, 1.54) is 5.94 Å². The van der Waals surface area contributed by atoms with E-state index in [2.05, 4.69) is 0 Å². The lowest BCUT2D eigenvalue weighted by Crippen LogP contribution is -2.58. The fourth-order valence-electron chi connectivity index (χ4n) is 1.98. The van der Waals surface area contributed by atoms with Crippen LogP contribution in [0.5, 0.6) is 0 Å². The lowest BCUT2D eigenvalue weighted by Gasteiger charge is -2.38. The van der Waals surface area contributed by atoms with Gasteiger partial charge in [-0.15, -0.1) is 0 Å². The quantitative estimate of drug-likeness (QED) is 0.386. The Morgan fingerprint density at radius 1 is 0.957 bits per heavy atom. The maximum Gasteiger partial charge on any atom is 0.349 e. The number of hydrogen-bond acceptors (Lipinski definition) is 9. The van der Waals surface area contributed by atoms with Gasteiger partial charge in [-0.2, -0.15) is 0 Å². The molecular weight excluding hydrogens is 316 g/mol. The number of carbonyl (C=O) groups is 4. The molecule has 0 spiro atoms. The molecule has 0 bridgehead atoms. The highest BCUT2D eigenvalue weighted by Gasteiger charge is 2.53. The summed E-state index contributed by atoms with van der Waals surface area (Å²) >= 11 is 0. The monoisotopic (exact) mass is 330 g/mol. The van der Waals surface area contributed by atoms with Crippen LogP contribution in [0.15, 0.2) is 5.76 Å². The average Bonchev–Trinajstić information content (AvgIpc) is 2.40. The minimum atomic E-state index is -1.84. The van der Waals surface area contributed by atoms with E-state index in [-0.39, 0.29) is 0 Å². The molecule has 1 N–H and O–H groups in total. The van der Waals surface area contributed by atoms with Crippen LogP contribution in [0.3, 0.4) is 0 Å². The molecule has 1 rings (SSSR count). The van der Waals surface area contributed by atoms with Gasteiger partial charge in [0.25, 0.3) is 0 Å². The molecule has 1 saturated heterocycles. The third-order valence-corrected chi connectivity index (χ3v) is 2.67. The van der Waals surface area contributed by atoms with Gasteiger partial charge >= 0.3 is 23.9 Å². The Balaban J connectivity index is 3.34. The summed E-state index contributed by atoms with van der Waals surface area (Å²) in [7, 11) is 0. The summed E-state index contributed by atoms with van der Waals surface area (Å²) in [6, 6.07) is 0. The van der Waals surface area contributed by atoms with Crippen molar-refractivity contribution in [3.8, 4) is 0 Å². The Hall–Kier alpha value is -2.87. The number of esters is 3. The van der Waals surface area contributed by atoms with E-state index in [0.29, 0.717) is 0 Å². The third kappa shape index (κ3) is 4.55. The number of carbonyl (C=O) groups excluding carboxylic acids is 4. The molecule has 1 heterocycles. The fourth-order valence-corrected chi connectivity index (χ4v) is 1.98. The molecule has 4 unspecified atom stereocenters. The number of aliphatic carboxylic acids is 1. The van der Waals surface area contributed by atoms with Crippen LogP contribution < -0.4 is 0 Å². The highest BCUT2D eigenvalue weighted by atomic mass is 16.6. The molecule has 0 amide bonds. The second kappa shape index (κ2) is 7.41. The van der Waals surface area contributed by atoms with E-state index in [9.17, 15) is 24.0 Å². The van der Waals surface area contributed by atoms with E-state index >= 15 is 0 Å². The van der Waals surface area contributed by atoms with Crippen LogP contribution in [-0.4, -0.2) is 59.3 Å². The Morgan fingerprint density at radius 2 is 1.43 bits per heavy atom. The number of hydrogen-bond donors (Lipinski definition) is 1. The largest absolute Gasteiger partial charge is 0.478 e. The van der Waals surface area contributed by atoms with Crippen molar-refractivity contribution in [2.45, 2.75) is 45.2 Å². The molecule has 4 atom stereocenters. The van der Waals surface area contributed by atoms with Crippen molar-refractivity contribution in [2.24, 2.45) is 0 Å². The van der Waals surface area contributed by atoms with Crippen molar-refractivity contribution >= 4 is 29.8 Å². The fraction of sp³-hybridized carbons (Fsp3) is 0.538. The molecule has 10 heteroatoms. The van der Waals surface area contributed by atoms with Crippen LogP contribution in [0.2, 0.25) is 0 Å². The molecule has 0 aromatic carbocycles. The Kier molecular flexibility index (Phi) is 5.86. The van der Waals surface area contributed by atoms with Crippen LogP contribution in [-0.2, 0) is 42.9 Å². The summed E-state index contributed by atoms with van der Waals surface area (Å²) < 4.78 is 19.4. The van der Waals surface area contributed by atoms with E-state index in [0.717, 1.165) is 20.8 Å². The minimum absolute atomic E-state index is 0.692. The van der Waals surface area contributed by atoms with Crippen molar-refractivity contribution in [1.82, 2.24) is 0 Å². The van der Waals surface area contributed by atoms with Gasteiger partial charge in [-0.25, -0.2) is 9.59 Å². The maximum absolute atomic E-state index is 11.3. The Bertz CT molecular complexity index is 573. The SMILES string of the molecule is CC(=O)OC1C(=C=O)OC(C(=O)O)C(OC(C)=O)C1OC(C)=O. The second-order valence-corrected chi connectivity index (χ2v) is 4.52.